The molecule has 28 heavy (non-hydrogen) atoms. The molecule has 3 rings (SSSR count). The number of alkyl halides is 3. The van der Waals surface area contributed by atoms with E-state index >= 15 is 0 Å². The highest BCUT2D eigenvalue weighted by molar-refractivity contribution is 6.33. The smallest absolute Gasteiger partial charge is 0.406 e. The summed E-state index contributed by atoms with van der Waals surface area (Å²) in [6.07, 6.45) is -4.69. The van der Waals surface area contributed by atoms with Gasteiger partial charge in [-0.2, -0.15) is 13.2 Å². The Bertz CT molecular complexity index is 801. The van der Waals surface area contributed by atoms with E-state index in [-0.39, 0.29) is 19.4 Å². The monoisotopic (exact) mass is 419 g/mol. The summed E-state index contributed by atoms with van der Waals surface area (Å²) >= 11 is 6.44. The molecule has 1 amide bonds. The Hall–Kier alpha value is -2.00. The van der Waals surface area contributed by atoms with Gasteiger partial charge in [-0.1, -0.05) is 11.6 Å². The van der Waals surface area contributed by atoms with E-state index < -0.39 is 30.5 Å². The number of carbonyl (C=O) groups excluding carboxylic acids is 2. The first-order valence-corrected chi connectivity index (χ1v) is 9.28. The lowest BCUT2D eigenvalue weighted by molar-refractivity contribution is -0.165. The number of hydrogen-bond donors (Lipinski definition) is 1. The number of nitrogens with zero attached hydrogens (tertiary/aromatic N) is 2. The van der Waals surface area contributed by atoms with Crippen molar-refractivity contribution in [3.8, 4) is 0 Å². The summed E-state index contributed by atoms with van der Waals surface area (Å²) in [5, 5.41) is 2.30. The van der Waals surface area contributed by atoms with Crippen LogP contribution in [0.2, 0.25) is 5.02 Å². The minimum atomic E-state index is -4.54. The van der Waals surface area contributed by atoms with E-state index in [4.69, 9.17) is 11.6 Å². The Morgan fingerprint density at radius 1 is 1.39 bits per heavy atom. The first-order chi connectivity index (χ1) is 13.1. The number of hydrogen-bond acceptors (Lipinski definition) is 5. The van der Waals surface area contributed by atoms with Crippen LogP contribution in [0.4, 0.5) is 18.9 Å². The number of esters is 1. The average molecular weight is 420 g/mol. The van der Waals surface area contributed by atoms with E-state index in [1.807, 2.05) is 11.9 Å². The Kier molecular flexibility index (Phi) is 5.77. The third-order valence-electron chi connectivity index (χ3n) is 5.08. The van der Waals surface area contributed by atoms with Crippen molar-refractivity contribution in [1.29, 1.82) is 0 Å². The minimum Gasteiger partial charge on any atom is -0.469 e. The van der Waals surface area contributed by atoms with Crippen LogP contribution in [0.25, 0.3) is 0 Å². The maximum atomic E-state index is 13.1. The van der Waals surface area contributed by atoms with Gasteiger partial charge in [0.05, 0.1) is 30.2 Å². The van der Waals surface area contributed by atoms with Gasteiger partial charge in [-0.3, -0.25) is 9.59 Å². The quantitative estimate of drug-likeness (QED) is 0.760. The van der Waals surface area contributed by atoms with E-state index in [0.717, 1.165) is 16.2 Å². The molecule has 2 aliphatic rings. The molecule has 1 N–H and O–H groups in total. The summed E-state index contributed by atoms with van der Waals surface area (Å²) in [7, 11) is 1.18. The zero-order valence-electron chi connectivity index (χ0n) is 15.5. The van der Waals surface area contributed by atoms with Crippen molar-refractivity contribution in [1.82, 2.24) is 10.3 Å². The summed E-state index contributed by atoms with van der Waals surface area (Å²) < 4.78 is 43.9. The molecule has 0 bridgehead atoms. The molecule has 0 saturated heterocycles. The predicted octanol–water partition coefficient (Wildman–Crippen LogP) is 2.81. The van der Waals surface area contributed by atoms with Crippen molar-refractivity contribution in [3.63, 3.8) is 0 Å². The molecule has 1 aromatic rings. The van der Waals surface area contributed by atoms with Crippen LogP contribution in [0.15, 0.2) is 6.07 Å². The average Bonchev–Trinajstić information content (AvgIpc) is 3.01. The highest BCUT2D eigenvalue weighted by atomic mass is 35.5. The molecular weight excluding hydrogens is 399 g/mol. The van der Waals surface area contributed by atoms with Crippen molar-refractivity contribution in [2.75, 3.05) is 25.2 Å². The second-order valence-electron chi connectivity index (χ2n) is 6.89. The molecule has 1 aromatic carbocycles. The van der Waals surface area contributed by atoms with Gasteiger partial charge < -0.3 is 14.6 Å². The van der Waals surface area contributed by atoms with Crippen LogP contribution < -0.4 is 10.4 Å². The van der Waals surface area contributed by atoms with Crippen LogP contribution in [-0.4, -0.2) is 43.2 Å². The summed E-state index contributed by atoms with van der Waals surface area (Å²) in [6.45, 7) is 1.43. The molecule has 0 saturated carbocycles. The van der Waals surface area contributed by atoms with Crippen molar-refractivity contribution < 1.29 is 27.5 Å². The van der Waals surface area contributed by atoms with Gasteiger partial charge in [0.15, 0.2) is 0 Å². The zero-order chi connectivity index (χ0) is 20.6. The normalized spacial score (nSPS) is 19.4. The third kappa shape index (κ3) is 4.05. The fraction of sp³-hybridized carbons (Fsp3) is 0.556. The maximum absolute atomic E-state index is 13.1. The van der Waals surface area contributed by atoms with E-state index in [9.17, 15) is 22.8 Å². The van der Waals surface area contributed by atoms with Crippen molar-refractivity contribution in [2.45, 2.75) is 39.0 Å². The zero-order valence-corrected chi connectivity index (χ0v) is 16.3. The standard InChI is InChI=1S/C18H21ClF3N3O3/c1-3-25-16-12(7-23-25)13-8-24(9-18(20,21)22)17(27)11(6-15(26)28-2)4-10(13)5-14(16)19/h5,11,23H,3-4,6-9H2,1-2H3/t11-/m0/s1. The molecule has 2 aliphatic heterocycles. The summed E-state index contributed by atoms with van der Waals surface area (Å²) in [4.78, 5) is 25.3. The van der Waals surface area contributed by atoms with Crippen LogP contribution in [0, 0.1) is 5.92 Å². The number of methoxy groups -OCH3 is 1. The van der Waals surface area contributed by atoms with Crippen molar-refractivity contribution in [3.05, 3.63) is 27.8 Å². The highest BCUT2D eigenvalue weighted by Crippen LogP contribution is 2.40. The summed E-state index contributed by atoms with van der Waals surface area (Å²) in [5.74, 6) is -2.27. The second-order valence-corrected chi connectivity index (χ2v) is 7.30. The molecule has 0 spiro atoms. The molecule has 0 unspecified atom stereocenters. The van der Waals surface area contributed by atoms with Gasteiger partial charge in [0.2, 0.25) is 5.91 Å². The molecule has 1 atom stereocenters. The van der Waals surface area contributed by atoms with Gasteiger partial charge in [-0.05, 0) is 36.1 Å². The molecule has 154 valence electrons. The number of rotatable bonds is 4. The minimum absolute atomic E-state index is 0.136. The van der Waals surface area contributed by atoms with Crippen LogP contribution in [-0.2, 0) is 33.8 Å². The summed E-state index contributed by atoms with van der Waals surface area (Å²) in [6, 6.07) is 1.69. The number of carbonyl (C=O) groups is 2. The SMILES string of the molecule is CCN1NCc2c3c(cc(Cl)c21)C[C@@H](CC(=O)OC)C(=O)N(CC(F)(F)F)C3. The Balaban J connectivity index is 2.06. The van der Waals surface area contributed by atoms with E-state index in [2.05, 4.69) is 10.2 Å². The van der Waals surface area contributed by atoms with Gasteiger partial charge in [0.25, 0.3) is 0 Å². The predicted molar refractivity (Wildman–Crippen MR) is 96.6 cm³/mol. The molecule has 0 aliphatic carbocycles. The van der Waals surface area contributed by atoms with Crippen molar-refractivity contribution >= 4 is 29.2 Å². The number of amides is 1. The van der Waals surface area contributed by atoms with Crippen LogP contribution in [0.1, 0.15) is 30.0 Å². The van der Waals surface area contributed by atoms with Gasteiger partial charge in [-0.15, -0.1) is 0 Å². The Labute approximate surface area is 165 Å². The topological polar surface area (TPSA) is 61.9 Å². The lowest BCUT2D eigenvalue weighted by Crippen LogP contribution is -2.41. The first-order valence-electron chi connectivity index (χ1n) is 8.91. The van der Waals surface area contributed by atoms with E-state index in [1.165, 1.54) is 7.11 Å². The third-order valence-corrected chi connectivity index (χ3v) is 5.37. The molecule has 6 nitrogen and oxygen atoms in total. The number of anilines is 1. The fourth-order valence-electron chi connectivity index (χ4n) is 3.85. The fourth-order valence-corrected chi connectivity index (χ4v) is 4.20. The Morgan fingerprint density at radius 3 is 2.71 bits per heavy atom. The number of ether oxygens (including phenoxy) is 1. The molecule has 0 radical (unpaired) electrons. The highest BCUT2D eigenvalue weighted by Gasteiger charge is 2.40. The van der Waals surface area contributed by atoms with E-state index in [1.54, 1.807) is 6.07 Å². The lowest BCUT2D eigenvalue weighted by atomic mass is 9.91. The molecule has 10 heteroatoms. The number of benzene rings is 1. The molecular formula is C18H21ClF3N3O3. The summed E-state index contributed by atoms with van der Waals surface area (Å²) in [5.41, 5.74) is 6.03. The van der Waals surface area contributed by atoms with Crippen LogP contribution in [0.5, 0.6) is 0 Å². The first kappa shape index (κ1) is 20.7. The number of halogens is 4. The Morgan fingerprint density at radius 2 is 2.11 bits per heavy atom. The van der Waals surface area contributed by atoms with E-state index in [0.29, 0.717) is 29.2 Å². The molecule has 0 aromatic heterocycles. The van der Waals surface area contributed by atoms with Gasteiger partial charge >= 0.3 is 12.1 Å². The lowest BCUT2D eigenvalue weighted by Gasteiger charge is -2.25. The largest absolute Gasteiger partial charge is 0.469 e. The number of hydrazine groups is 1. The second kappa shape index (κ2) is 7.79. The van der Waals surface area contributed by atoms with Crippen LogP contribution in [0.3, 0.4) is 0 Å². The van der Waals surface area contributed by atoms with Gasteiger partial charge in [0.1, 0.15) is 6.54 Å². The number of nitrogens with one attached hydrogen (secondary N) is 1. The van der Waals surface area contributed by atoms with Crippen LogP contribution >= 0.6 is 11.6 Å². The molecule has 2 heterocycles. The number of fused-ring (bicyclic) bond motifs is 3. The molecule has 0 fully saturated rings. The van der Waals surface area contributed by atoms with Gasteiger partial charge in [0, 0.05) is 19.6 Å². The van der Waals surface area contributed by atoms with Crippen molar-refractivity contribution in [2.24, 2.45) is 5.92 Å². The maximum Gasteiger partial charge on any atom is 0.406 e. The van der Waals surface area contributed by atoms with Gasteiger partial charge in [-0.25, -0.2) is 5.43 Å².